The standard InChI is InChI=1S/C16H24F3N5O4S/c1-12-9-24(10-13(2)28-12)29(26,27)23-7-5-21(6-8-23)15(25)11-22-4-3-14(20-22)16(17,18)19/h3-4,12-13H,5-11H2,1-2H3. The maximum atomic E-state index is 12.9. The Hall–Kier alpha value is -1.70. The van der Waals surface area contributed by atoms with E-state index in [1.807, 2.05) is 13.8 Å². The number of halogens is 3. The summed E-state index contributed by atoms with van der Waals surface area (Å²) in [5.41, 5.74) is -1.06. The predicted molar refractivity (Wildman–Crippen MR) is 95.9 cm³/mol. The van der Waals surface area contributed by atoms with E-state index in [0.29, 0.717) is 0 Å². The highest BCUT2D eigenvalue weighted by atomic mass is 32.2. The molecule has 164 valence electrons. The monoisotopic (exact) mass is 439 g/mol. The third kappa shape index (κ3) is 5.08. The summed E-state index contributed by atoms with van der Waals surface area (Å²) in [5.74, 6) is -0.410. The number of alkyl halides is 3. The lowest BCUT2D eigenvalue weighted by Gasteiger charge is -2.40. The number of carbonyl (C=O) groups excluding carboxylic acids is 1. The molecule has 3 rings (SSSR count). The van der Waals surface area contributed by atoms with Crippen molar-refractivity contribution in [2.24, 2.45) is 0 Å². The zero-order valence-electron chi connectivity index (χ0n) is 16.2. The number of hydrogen-bond donors (Lipinski definition) is 0. The first-order valence-electron chi connectivity index (χ1n) is 9.26. The van der Waals surface area contributed by atoms with E-state index in [1.54, 1.807) is 0 Å². The average molecular weight is 439 g/mol. The molecule has 2 saturated heterocycles. The molecule has 2 aliphatic heterocycles. The van der Waals surface area contributed by atoms with E-state index in [4.69, 9.17) is 4.74 Å². The van der Waals surface area contributed by atoms with Crippen LogP contribution in [0, 0.1) is 0 Å². The molecular weight excluding hydrogens is 415 g/mol. The van der Waals surface area contributed by atoms with Gasteiger partial charge in [-0.05, 0) is 19.9 Å². The summed E-state index contributed by atoms with van der Waals surface area (Å²) < 4.78 is 72.8. The van der Waals surface area contributed by atoms with Crippen molar-refractivity contribution in [1.82, 2.24) is 23.3 Å². The first kappa shape index (κ1) is 22.0. The molecule has 2 unspecified atom stereocenters. The van der Waals surface area contributed by atoms with Crippen LogP contribution in [0.4, 0.5) is 13.2 Å². The van der Waals surface area contributed by atoms with Gasteiger partial charge in [0.15, 0.2) is 5.69 Å². The third-order valence-electron chi connectivity index (χ3n) is 4.86. The summed E-state index contributed by atoms with van der Waals surface area (Å²) in [6.45, 7) is 4.42. The Labute approximate surface area is 167 Å². The molecule has 0 bridgehead atoms. The van der Waals surface area contributed by atoms with Gasteiger partial charge in [-0.2, -0.15) is 35.3 Å². The van der Waals surface area contributed by atoms with Crippen molar-refractivity contribution in [3.63, 3.8) is 0 Å². The lowest BCUT2D eigenvalue weighted by atomic mass is 10.3. The Morgan fingerprint density at radius 1 is 1.14 bits per heavy atom. The molecule has 0 aliphatic carbocycles. The molecule has 0 N–H and O–H groups in total. The Balaban J connectivity index is 1.55. The van der Waals surface area contributed by atoms with Crippen LogP contribution in [-0.4, -0.2) is 89.1 Å². The molecule has 1 aromatic heterocycles. The molecule has 2 aliphatic rings. The molecule has 2 fully saturated rings. The molecule has 3 heterocycles. The van der Waals surface area contributed by atoms with Crippen LogP contribution >= 0.6 is 0 Å². The number of amides is 1. The highest BCUT2D eigenvalue weighted by Gasteiger charge is 2.37. The largest absolute Gasteiger partial charge is 0.435 e. The van der Waals surface area contributed by atoms with Crippen molar-refractivity contribution in [1.29, 1.82) is 0 Å². The van der Waals surface area contributed by atoms with Crippen LogP contribution in [0.2, 0.25) is 0 Å². The maximum absolute atomic E-state index is 12.9. The lowest BCUT2D eigenvalue weighted by Crippen LogP contribution is -2.57. The van der Waals surface area contributed by atoms with Crippen LogP contribution in [0.5, 0.6) is 0 Å². The third-order valence-corrected chi connectivity index (χ3v) is 6.83. The van der Waals surface area contributed by atoms with Gasteiger partial charge >= 0.3 is 6.18 Å². The molecule has 0 spiro atoms. The first-order chi connectivity index (χ1) is 13.5. The van der Waals surface area contributed by atoms with Gasteiger partial charge in [0, 0.05) is 45.5 Å². The first-order valence-corrected chi connectivity index (χ1v) is 10.7. The van der Waals surface area contributed by atoms with E-state index < -0.39 is 28.0 Å². The number of aromatic nitrogens is 2. The minimum absolute atomic E-state index is 0.126. The molecule has 13 heteroatoms. The van der Waals surface area contributed by atoms with Gasteiger partial charge in [0.2, 0.25) is 5.91 Å². The molecular formula is C16H24F3N5O4S. The highest BCUT2D eigenvalue weighted by Crippen LogP contribution is 2.27. The molecule has 29 heavy (non-hydrogen) atoms. The zero-order valence-corrected chi connectivity index (χ0v) is 17.0. The topological polar surface area (TPSA) is 88.0 Å². The van der Waals surface area contributed by atoms with E-state index in [-0.39, 0.29) is 58.0 Å². The lowest BCUT2D eigenvalue weighted by molar-refractivity contribution is -0.142. The fourth-order valence-corrected chi connectivity index (χ4v) is 5.24. The van der Waals surface area contributed by atoms with Crippen molar-refractivity contribution >= 4 is 16.1 Å². The number of morpholine rings is 1. The normalized spacial score (nSPS) is 25.3. The number of nitrogens with zero attached hydrogens (tertiary/aromatic N) is 5. The molecule has 2 atom stereocenters. The summed E-state index contributed by atoms with van der Waals surface area (Å²) >= 11 is 0. The molecule has 0 saturated carbocycles. The van der Waals surface area contributed by atoms with Crippen LogP contribution in [0.1, 0.15) is 19.5 Å². The summed E-state index contributed by atoms with van der Waals surface area (Å²) in [4.78, 5) is 13.8. The molecule has 1 aromatic rings. The van der Waals surface area contributed by atoms with Gasteiger partial charge in [-0.15, -0.1) is 0 Å². The second-order valence-corrected chi connectivity index (χ2v) is 9.19. The average Bonchev–Trinajstić information content (AvgIpc) is 3.10. The van der Waals surface area contributed by atoms with Crippen LogP contribution in [0.3, 0.4) is 0 Å². The van der Waals surface area contributed by atoms with Crippen molar-refractivity contribution < 1.29 is 31.1 Å². The highest BCUT2D eigenvalue weighted by molar-refractivity contribution is 7.86. The minimum Gasteiger partial charge on any atom is -0.373 e. The van der Waals surface area contributed by atoms with Gasteiger partial charge in [0.1, 0.15) is 6.54 Å². The SMILES string of the molecule is CC1CN(S(=O)(=O)N2CCN(C(=O)Cn3ccc(C(F)(F)F)n3)CC2)CC(C)O1. The molecule has 9 nitrogen and oxygen atoms in total. The molecule has 0 aromatic carbocycles. The van der Waals surface area contributed by atoms with Gasteiger partial charge in [0.25, 0.3) is 10.2 Å². The van der Waals surface area contributed by atoms with Gasteiger partial charge in [-0.3, -0.25) is 9.48 Å². The van der Waals surface area contributed by atoms with Crippen molar-refractivity contribution in [3.8, 4) is 0 Å². The van der Waals surface area contributed by atoms with E-state index >= 15 is 0 Å². The fraction of sp³-hybridized carbons (Fsp3) is 0.750. The number of carbonyl (C=O) groups is 1. The Bertz CT molecular complexity index is 826. The Morgan fingerprint density at radius 3 is 2.24 bits per heavy atom. The maximum Gasteiger partial charge on any atom is 0.435 e. The van der Waals surface area contributed by atoms with E-state index in [9.17, 15) is 26.4 Å². The number of rotatable bonds is 4. The molecule has 0 radical (unpaired) electrons. The molecule has 1 amide bonds. The van der Waals surface area contributed by atoms with E-state index in [0.717, 1.165) is 16.9 Å². The van der Waals surface area contributed by atoms with E-state index in [2.05, 4.69) is 5.10 Å². The van der Waals surface area contributed by atoms with Gasteiger partial charge < -0.3 is 9.64 Å². The van der Waals surface area contributed by atoms with Crippen molar-refractivity contribution in [3.05, 3.63) is 18.0 Å². The van der Waals surface area contributed by atoms with Crippen LogP contribution < -0.4 is 0 Å². The number of ether oxygens (including phenoxy) is 1. The van der Waals surface area contributed by atoms with Gasteiger partial charge in [0.05, 0.1) is 12.2 Å². The summed E-state index contributed by atoms with van der Waals surface area (Å²) in [5, 5.41) is 3.37. The van der Waals surface area contributed by atoms with Crippen molar-refractivity contribution in [2.45, 2.75) is 38.8 Å². The van der Waals surface area contributed by atoms with Crippen molar-refractivity contribution in [2.75, 3.05) is 39.3 Å². The van der Waals surface area contributed by atoms with E-state index in [1.165, 1.54) is 13.5 Å². The van der Waals surface area contributed by atoms with Gasteiger partial charge in [-0.25, -0.2) is 0 Å². The quantitative estimate of drug-likeness (QED) is 0.678. The second kappa shape index (κ2) is 8.20. The Kier molecular flexibility index (Phi) is 6.22. The second-order valence-electron chi connectivity index (χ2n) is 7.26. The van der Waals surface area contributed by atoms with Crippen LogP contribution in [0.15, 0.2) is 12.3 Å². The predicted octanol–water partition coefficient (Wildman–Crippen LogP) is 0.400. The smallest absolute Gasteiger partial charge is 0.373 e. The Morgan fingerprint density at radius 2 is 1.72 bits per heavy atom. The van der Waals surface area contributed by atoms with Crippen LogP contribution in [-0.2, 0) is 32.5 Å². The minimum atomic E-state index is -4.57. The summed E-state index contributed by atoms with van der Waals surface area (Å²) in [7, 11) is -3.67. The zero-order chi connectivity index (χ0) is 21.4. The fourth-order valence-electron chi connectivity index (χ4n) is 3.49. The van der Waals surface area contributed by atoms with Gasteiger partial charge in [-0.1, -0.05) is 0 Å². The van der Waals surface area contributed by atoms with Crippen LogP contribution in [0.25, 0.3) is 0 Å². The number of piperazine rings is 1. The number of hydrogen-bond acceptors (Lipinski definition) is 5. The summed E-state index contributed by atoms with van der Waals surface area (Å²) in [6, 6.07) is 0.808. The summed E-state index contributed by atoms with van der Waals surface area (Å²) in [6.07, 6.45) is -3.87.